The molecule has 0 saturated carbocycles. The summed E-state index contributed by atoms with van der Waals surface area (Å²) >= 11 is 0. The van der Waals surface area contributed by atoms with Crippen LogP contribution in [0.5, 0.6) is 0 Å². The van der Waals surface area contributed by atoms with E-state index in [9.17, 15) is 9.36 Å². The number of benzene rings is 1. The van der Waals surface area contributed by atoms with E-state index in [4.69, 9.17) is 9.79 Å². The second kappa shape index (κ2) is 5.23. The van der Waals surface area contributed by atoms with E-state index in [0.717, 1.165) is 12.0 Å². The molecule has 0 aliphatic rings. The largest absolute Gasteiger partial charge is 0.505 e. The second-order valence-corrected chi connectivity index (χ2v) is 4.12. The first-order valence-corrected chi connectivity index (χ1v) is 6.00. The number of hydrogen-bond acceptors (Lipinski definition) is 4. The Morgan fingerprint density at radius 3 is 2.31 bits per heavy atom. The molecule has 0 aromatic heterocycles. The molecule has 0 fully saturated rings. The SMILES string of the molecule is CCc1ccc(C(=O)OOP(=O)(O)O)cc1. The van der Waals surface area contributed by atoms with Crippen molar-refractivity contribution in [3.8, 4) is 0 Å². The van der Waals surface area contributed by atoms with Gasteiger partial charge in [-0.25, -0.2) is 9.36 Å². The fourth-order valence-electron chi connectivity index (χ4n) is 1.01. The van der Waals surface area contributed by atoms with Crippen LogP contribution in [0, 0.1) is 0 Å². The zero-order chi connectivity index (χ0) is 12.2. The number of hydrogen-bond donors (Lipinski definition) is 2. The van der Waals surface area contributed by atoms with Crippen LogP contribution < -0.4 is 0 Å². The zero-order valence-electron chi connectivity index (χ0n) is 8.49. The minimum atomic E-state index is -4.80. The molecule has 1 aromatic rings. The Morgan fingerprint density at radius 1 is 1.31 bits per heavy atom. The molecule has 0 radical (unpaired) electrons. The van der Waals surface area contributed by atoms with Crippen molar-refractivity contribution < 1.29 is 28.7 Å². The monoisotopic (exact) mass is 246 g/mol. The lowest BCUT2D eigenvalue weighted by atomic mass is 10.1. The van der Waals surface area contributed by atoms with Crippen molar-refractivity contribution in [2.45, 2.75) is 13.3 Å². The Balaban J connectivity index is 2.63. The van der Waals surface area contributed by atoms with Crippen LogP contribution in [0.1, 0.15) is 22.8 Å². The van der Waals surface area contributed by atoms with Crippen molar-refractivity contribution in [3.63, 3.8) is 0 Å². The summed E-state index contributed by atoms with van der Waals surface area (Å²) in [5.74, 6) is -0.953. The van der Waals surface area contributed by atoms with Crippen LogP contribution in [-0.2, 0) is 20.5 Å². The molecule has 7 heteroatoms. The maximum absolute atomic E-state index is 11.2. The Hall–Kier alpha value is -1.20. The maximum Gasteiger partial charge on any atom is 0.505 e. The molecule has 1 rings (SSSR count). The minimum Gasteiger partial charge on any atom is -0.301 e. The number of phosphoric acid groups is 1. The fourth-order valence-corrected chi connectivity index (χ4v) is 1.17. The lowest BCUT2D eigenvalue weighted by Gasteiger charge is -2.04. The Kier molecular flexibility index (Phi) is 4.20. The zero-order valence-corrected chi connectivity index (χ0v) is 9.39. The molecule has 0 atom stereocenters. The van der Waals surface area contributed by atoms with Gasteiger partial charge in [0.15, 0.2) is 0 Å². The van der Waals surface area contributed by atoms with Gasteiger partial charge in [-0.05, 0) is 24.1 Å². The molecule has 0 bridgehead atoms. The van der Waals surface area contributed by atoms with Crippen LogP contribution in [0.15, 0.2) is 24.3 Å². The Morgan fingerprint density at radius 2 is 1.88 bits per heavy atom. The maximum atomic E-state index is 11.2. The second-order valence-electron chi connectivity index (χ2n) is 2.99. The summed E-state index contributed by atoms with van der Waals surface area (Å²) in [7, 11) is -4.80. The van der Waals surface area contributed by atoms with Crippen LogP contribution in [0.3, 0.4) is 0 Å². The van der Waals surface area contributed by atoms with Gasteiger partial charge in [-0.15, -0.1) is 0 Å². The van der Waals surface area contributed by atoms with Gasteiger partial charge in [0.1, 0.15) is 0 Å². The van der Waals surface area contributed by atoms with Crippen molar-refractivity contribution in [2.24, 2.45) is 0 Å². The van der Waals surface area contributed by atoms with Gasteiger partial charge < -0.3 is 9.79 Å². The van der Waals surface area contributed by atoms with Crippen molar-refractivity contribution >= 4 is 13.8 Å². The third-order valence-electron chi connectivity index (χ3n) is 1.81. The average Bonchev–Trinajstić information content (AvgIpc) is 2.25. The van der Waals surface area contributed by atoms with Gasteiger partial charge >= 0.3 is 13.8 Å². The molecule has 2 N–H and O–H groups in total. The first-order chi connectivity index (χ1) is 7.42. The lowest BCUT2D eigenvalue weighted by Crippen LogP contribution is -2.04. The normalized spacial score (nSPS) is 11.2. The van der Waals surface area contributed by atoms with Crippen LogP contribution in [0.25, 0.3) is 0 Å². The van der Waals surface area contributed by atoms with Gasteiger partial charge in [0.05, 0.1) is 5.56 Å². The molecule has 0 saturated heterocycles. The lowest BCUT2D eigenvalue weighted by molar-refractivity contribution is -0.166. The van der Waals surface area contributed by atoms with E-state index in [1.807, 2.05) is 6.92 Å². The van der Waals surface area contributed by atoms with Crippen LogP contribution in [0.2, 0.25) is 0 Å². The van der Waals surface area contributed by atoms with E-state index in [-0.39, 0.29) is 5.56 Å². The van der Waals surface area contributed by atoms with E-state index >= 15 is 0 Å². The molecule has 0 heterocycles. The molecule has 16 heavy (non-hydrogen) atoms. The summed E-state index contributed by atoms with van der Waals surface area (Å²) in [6, 6.07) is 6.41. The summed E-state index contributed by atoms with van der Waals surface area (Å²) in [4.78, 5) is 31.8. The van der Waals surface area contributed by atoms with Gasteiger partial charge in [-0.3, -0.25) is 4.89 Å². The average molecular weight is 246 g/mol. The molecule has 0 aliphatic heterocycles. The highest BCUT2D eigenvalue weighted by atomic mass is 31.2. The Labute approximate surface area is 92.0 Å². The molecule has 6 nitrogen and oxygen atoms in total. The van der Waals surface area contributed by atoms with Gasteiger partial charge in [0.25, 0.3) is 0 Å². The first kappa shape index (κ1) is 12.9. The summed E-state index contributed by atoms with van der Waals surface area (Å²) in [5.41, 5.74) is 1.19. The molecule has 0 aliphatic carbocycles. The first-order valence-electron chi connectivity index (χ1n) is 4.47. The van der Waals surface area contributed by atoms with Crippen molar-refractivity contribution in [3.05, 3.63) is 35.4 Å². The van der Waals surface area contributed by atoms with Crippen molar-refractivity contribution in [2.75, 3.05) is 0 Å². The molecular weight excluding hydrogens is 235 g/mol. The number of carbonyl (C=O) groups is 1. The quantitative estimate of drug-likeness (QED) is 0.474. The van der Waals surface area contributed by atoms with Crippen LogP contribution in [0.4, 0.5) is 0 Å². The smallest absolute Gasteiger partial charge is 0.301 e. The van der Waals surface area contributed by atoms with E-state index < -0.39 is 13.8 Å². The van der Waals surface area contributed by atoms with E-state index in [1.165, 1.54) is 12.1 Å². The highest BCUT2D eigenvalue weighted by Gasteiger charge is 2.19. The molecular formula is C9H11O6P. The molecule has 1 aromatic carbocycles. The van der Waals surface area contributed by atoms with Gasteiger partial charge in [-0.2, -0.15) is 0 Å². The highest BCUT2D eigenvalue weighted by Crippen LogP contribution is 2.36. The van der Waals surface area contributed by atoms with Gasteiger partial charge in [0.2, 0.25) is 0 Å². The number of aryl methyl sites for hydroxylation is 1. The van der Waals surface area contributed by atoms with Crippen LogP contribution >= 0.6 is 7.82 Å². The topological polar surface area (TPSA) is 93.1 Å². The molecule has 0 unspecified atom stereocenters. The number of rotatable bonds is 4. The van der Waals surface area contributed by atoms with Crippen molar-refractivity contribution in [1.29, 1.82) is 0 Å². The molecule has 0 amide bonds. The summed E-state index contributed by atoms with van der Waals surface area (Å²) < 4.78 is 13.9. The van der Waals surface area contributed by atoms with E-state index in [0.29, 0.717) is 0 Å². The predicted octanol–water partition coefficient (Wildman–Crippen LogP) is 1.43. The van der Waals surface area contributed by atoms with Gasteiger partial charge in [0, 0.05) is 0 Å². The third kappa shape index (κ3) is 4.12. The molecule has 88 valence electrons. The third-order valence-corrected chi connectivity index (χ3v) is 2.08. The highest BCUT2D eigenvalue weighted by molar-refractivity contribution is 7.46. The predicted molar refractivity (Wildman–Crippen MR) is 54.4 cm³/mol. The standard InChI is InChI=1S/C9H11O6P/c1-2-7-3-5-8(6-4-7)9(10)14-15-16(11,12)13/h3-6H,2H2,1H3,(H2,11,12,13). The number of carbonyl (C=O) groups excluding carboxylic acids is 1. The molecule has 0 spiro atoms. The van der Waals surface area contributed by atoms with E-state index in [2.05, 4.69) is 9.56 Å². The van der Waals surface area contributed by atoms with Crippen LogP contribution in [-0.4, -0.2) is 15.8 Å². The van der Waals surface area contributed by atoms with Crippen molar-refractivity contribution in [1.82, 2.24) is 0 Å². The fraction of sp³-hybridized carbons (Fsp3) is 0.222. The summed E-state index contributed by atoms with van der Waals surface area (Å²) in [6.45, 7) is 1.96. The Bertz CT molecular complexity index is 407. The minimum absolute atomic E-state index is 0.158. The summed E-state index contributed by atoms with van der Waals surface area (Å²) in [5, 5.41) is 0. The van der Waals surface area contributed by atoms with Gasteiger partial charge in [-0.1, -0.05) is 23.7 Å². The van der Waals surface area contributed by atoms with E-state index in [1.54, 1.807) is 12.1 Å². The summed E-state index contributed by atoms with van der Waals surface area (Å²) in [6.07, 6.45) is 0.828.